The number of benzene rings is 1. The van der Waals surface area contributed by atoms with Crippen molar-refractivity contribution in [2.24, 2.45) is 0 Å². The topological polar surface area (TPSA) is 50.8 Å². The van der Waals surface area contributed by atoms with Gasteiger partial charge >= 0.3 is 0 Å². The van der Waals surface area contributed by atoms with E-state index in [9.17, 15) is 4.79 Å². The Hall–Kier alpha value is -1.43. The number of carbonyl (C=O) groups is 1. The number of hydrogen-bond acceptors (Lipinski definition) is 4. The van der Waals surface area contributed by atoms with Gasteiger partial charge in [-0.15, -0.1) is 0 Å². The van der Waals surface area contributed by atoms with Gasteiger partial charge in [0, 0.05) is 32.5 Å². The molecule has 0 aliphatic carbocycles. The van der Waals surface area contributed by atoms with Crippen molar-refractivity contribution in [3.63, 3.8) is 0 Å². The zero-order valence-electron chi connectivity index (χ0n) is 12.2. The predicted molar refractivity (Wildman–Crippen MR) is 78.6 cm³/mol. The van der Waals surface area contributed by atoms with Crippen molar-refractivity contribution in [2.45, 2.75) is 25.2 Å². The maximum atomic E-state index is 12.0. The van der Waals surface area contributed by atoms with Crippen LogP contribution in [0.5, 0.6) is 0 Å². The number of piperidine rings is 1. The number of ether oxygens (including phenoxy) is 2. The predicted octanol–water partition coefficient (Wildman–Crippen LogP) is 1.14. The summed E-state index contributed by atoms with van der Waals surface area (Å²) in [7, 11) is 0. The Morgan fingerprint density at radius 2 is 1.81 bits per heavy atom. The lowest BCUT2D eigenvalue weighted by molar-refractivity contribution is -0.185. The van der Waals surface area contributed by atoms with Crippen molar-refractivity contribution in [3.8, 4) is 0 Å². The second-order valence-corrected chi connectivity index (χ2v) is 5.65. The summed E-state index contributed by atoms with van der Waals surface area (Å²) in [4.78, 5) is 14.1. The summed E-state index contributed by atoms with van der Waals surface area (Å²) in [5.41, 5.74) is 1.12. The lowest BCUT2D eigenvalue weighted by Crippen LogP contribution is -2.48. The third kappa shape index (κ3) is 3.81. The third-order valence-corrected chi connectivity index (χ3v) is 4.13. The van der Waals surface area contributed by atoms with Gasteiger partial charge in [0.1, 0.15) is 0 Å². The molecule has 5 heteroatoms. The molecule has 114 valence electrons. The minimum atomic E-state index is -0.364. The minimum absolute atomic E-state index is 0.0723. The Bertz CT molecular complexity index is 462. The summed E-state index contributed by atoms with van der Waals surface area (Å²) in [6.45, 7) is 4.11. The first-order chi connectivity index (χ1) is 10.3. The number of rotatable bonds is 4. The van der Waals surface area contributed by atoms with Crippen molar-refractivity contribution in [2.75, 3.05) is 32.8 Å². The van der Waals surface area contributed by atoms with E-state index in [1.807, 2.05) is 30.3 Å². The lowest BCUT2D eigenvalue weighted by Gasteiger charge is -2.37. The summed E-state index contributed by atoms with van der Waals surface area (Å²) in [6.07, 6.45) is 1.69. The fraction of sp³-hybridized carbons (Fsp3) is 0.562. The fourth-order valence-corrected chi connectivity index (χ4v) is 2.89. The summed E-state index contributed by atoms with van der Waals surface area (Å²) >= 11 is 0. The number of amides is 1. The average Bonchev–Trinajstić information content (AvgIpc) is 2.97. The van der Waals surface area contributed by atoms with Crippen molar-refractivity contribution in [1.82, 2.24) is 10.2 Å². The molecule has 1 N–H and O–H groups in total. The molecule has 3 rings (SSSR count). The monoisotopic (exact) mass is 290 g/mol. The van der Waals surface area contributed by atoms with Gasteiger partial charge in [0.2, 0.25) is 5.91 Å². The molecule has 21 heavy (non-hydrogen) atoms. The van der Waals surface area contributed by atoms with E-state index in [-0.39, 0.29) is 11.7 Å². The first kappa shape index (κ1) is 14.5. The van der Waals surface area contributed by atoms with E-state index in [1.165, 1.54) is 0 Å². The summed E-state index contributed by atoms with van der Waals surface area (Å²) < 4.78 is 11.4. The molecule has 0 saturated carbocycles. The van der Waals surface area contributed by atoms with Gasteiger partial charge in [0.05, 0.1) is 19.8 Å². The van der Waals surface area contributed by atoms with Crippen LogP contribution in [0.2, 0.25) is 0 Å². The van der Waals surface area contributed by atoms with Crippen LogP contribution in [0.15, 0.2) is 30.3 Å². The van der Waals surface area contributed by atoms with Crippen LogP contribution in [-0.2, 0) is 20.8 Å². The van der Waals surface area contributed by atoms with E-state index in [2.05, 4.69) is 10.2 Å². The first-order valence-electron chi connectivity index (χ1n) is 7.57. The van der Waals surface area contributed by atoms with Crippen molar-refractivity contribution >= 4 is 5.91 Å². The summed E-state index contributed by atoms with van der Waals surface area (Å²) in [5, 5.41) is 2.96. The lowest BCUT2D eigenvalue weighted by atomic mass is 10.0. The van der Waals surface area contributed by atoms with Gasteiger partial charge in [0.15, 0.2) is 5.79 Å². The first-order valence-corrected chi connectivity index (χ1v) is 7.57. The van der Waals surface area contributed by atoms with Gasteiger partial charge < -0.3 is 14.8 Å². The second-order valence-electron chi connectivity index (χ2n) is 5.65. The summed E-state index contributed by atoms with van der Waals surface area (Å²) in [5.74, 6) is -0.292. The van der Waals surface area contributed by atoms with Gasteiger partial charge in [-0.3, -0.25) is 9.69 Å². The van der Waals surface area contributed by atoms with Crippen LogP contribution < -0.4 is 5.32 Å². The number of nitrogens with one attached hydrogen (secondary N) is 1. The molecule has 2 saturated heterocycles. The Morgan fingerprint density at radius 1 is 1.14 bits per heavy atom. The zero-order chi connectivity index (χ0) is 14.5. The molecule has 1 spiro atoms. The van der Waals surface area contributed by atoms with Crippen molar-refractivity contribution < 1.29 is 14.3 Å². The SMILES string of the molecule is O=C(CN1CCC2(CC1)OCCO2)NCc1ccccc1. The van der Waals surface area contributed by atoms with Crippen LogP contribution in [0.4, 0.5) is 0 Å². The van der Waals surface area contributed by atoms with Crippen LogP contribution >= 0.6 is 0 Å². The van der Waals surface area contributed by atoms with Crippen molar-refractivity contribution in [3.05, 3.63) is 35.9 Å². The standard InChI is InChI=1S/C16H22N2O3/c19-15(17-12-14-4-2-1-3-5-14)13-18-8-6-16(7-9-18)20-10-11-21-16/h1-5H,6-13H2,(H,17,19). The van der Waals surface area contributed by atoms with E-state index in [0.717, 1.165) is 31.5 Å². The molecule has 1 amide bonds. The smallest absolute Gasteiger partial charge is 0.234 e. The highest BCUT2D eigenvalue weighted by atomic mass is 16.7. The Labute approximate surface area is 125 Å². The van der Waals surface area contributed by atoms with E-state index >= 15 is 0 Å². The Balaban J connectivity index is 1.40. The molecule has 0 aromatic heterocycles. The minimum Gasteiger partial charge on any atom is -0.351 e. The van der Waals surface area contributed by atoms with Crippen LogP contribution in [0.3, 0.4) is 0 Å². The van der Waals surface area contributed by atoms with E-state index in [1.54, 1.807) is 0 Å². The highest BCUT2D eigenvalue weighted by molar-refractivity contribution is 5.78. The maximum Gasteiger partial charge on any atom is 0.234 e. The van der Waals surface area contributed by atoms with Crippen LogP contribution in [0.1, 0.15) is 18.4 Å². The van der Waals surface area contributed by atoms with Gasteiger partial charge in [-0.2, -0.15) is 0 Å². The molecule has 0 unspecified atom stereocenters. The second kappa shape index (κ2) is 6.56. The molecular formula is C16H22N2O3. The molecule has 2 heterocycles. The highest BCUT2D eigenvalue weighted by Crippen LogP contribution is 2.30. The molecule has 2 aliphatic heterocycles. The average molecular weight is 290 g/mol. The van der Waals surface area contributed by atoms with Gasteiger partial charge in [-0.25, -0.2) is 0 Å². The van der Waals surface area contributed by atoms with Crippen LogP contribution in [0.25, 0.3) is 0 Å². The van der Waals surface area contributed by atoms with Gasteiger partial charge in [0.25, 0.3) is 0 Å². The third-order valence-electron chi connectivity index (χ3n) is 4.13. The number of likely N-dealkylation sites (tertiary alicyclic amines) is 1. The largest absolute Gasteiger partial charge is 0.351 e. The quantitative estimate of drug-likeness (QED) is 0.903. The normalized spacial score (nSPS) is 21.5. The van der Waals surface area contributed by atoms with Crippen LogP contribution in [0, 0.1) is 0 Å². The Morgan fingerprint density at radius 3 is 2.48 bits per heavy atom. The highest BCUT2D eigenvalue weighted by Gasteiger charge is 2.39. The number of carbonyl (C=O) groups excluding carboxylic acids is 1. The van der Waals surface area contributed by atoms with Crippen LogP contribution in [-0.4, -0.2) is 49.4 Å². The zero-order valence-corrected chi connectivity index (χ0v) is 12.2. The maximum absolute atomic E-state index is 12.0. The molecule has 0 atom stereocenters. The van der Waals surface area contributed by atoms with Gasteiger partial charge in [-0.05, 0) is 5.56 Å². The van der Waals surface area contributed by atoms with E-state index in [0.29, 0.717) is 26.3 Å². The molecule has 2 aliphatic rings. The molecule has 1 aromatic rings. The number of hydrogen-bond donors (Lipinski definition) is 1. The molecule has 2 fully saturated rings. The number of nitrogens with zero attached hydrogens (tertiary/aromatic N) is 1. The Kier molecular flexibility index (Phi) is 4.53. The molecule has 5 nitrogen and oxygen atoms in total. The molecular weight excluding hydrogens is 268 g/mol. The molecule has 1 aromatic carbocycles. The van der Waals surface area contributed by atoms with E-state index in [4.69, 9.17) is 9.47 Å². The fourth-order valence-electron chi connectivity index (χ4n) is 2.89. The summed E-state index contributed by atoms with van der Waals surface area (Å²) in [6, 6.07) is 9.96. The van der Waals surface area contributed by atoms with Crippen molar-refractivity contribution in [1.29, 1.82) is 0 Å². The molecule has 0 bridgehead atoms. The molecule has 0 radical (unpaired) electrons. The van der Waals surface area contributed by atoms with E-state index < -0.39 is 0 Å². The van der Waals surface area contributed by atoms with Gasteiger partial charge in [-0.1, -0.05) is 30.3 Å².